The van der Waals surface area contributed by atoms with Gasteiger partial charge in [-0.3, -0.25) is 4.79 Å². The van der Waals surface area contributed by atoms with E-state index in [2.05, 4.69) is 54.7 Å². The Bertz CT molecular complexity index is 933. The Morgan fingerprint density at radius 1 is 0.875 bits per heavy atom. The summed E-state index contributed by atoms with van der Waals surface area (Å²) in [6.45, 7) is 2.11. The lowest BCUT2D eigenvalue weighted by Gasteiger charge is -2.09. The molecule has 0 bridgehead atoms. The van der Waals surface area contributed by atoms with Gasteiger partial charge in [-0.25, -0.2) is 0 Å². The first kappa shape index (κ1) is 15.0. The van der Waals surface area contributed by atoms with Crippen LogP contribution in [0.2, 0.25) is 0 Å². The predicted octanol–water partition coefficient (Wildman–Crippen LogP) is 5.30. The molecule has 0 fully saturated rings. The number of hydrogen-bond donors (Lipinski definition) is 1. The highest BCUT2D eigenvalue weighted by Gasteiger charge is 2.19. The zero-order valence-corrected chi connectivity index (χ0v) is 14.2. The van der Waals surface area contributed by atoms with E-state index in [0.717, 1.165) is 27.5 Å². The molecule has 1 N–H and O–H groups in total. The maximum Gasteiger partial charge on any atom is 0.256 e. The second kappa shape index (κ2) is 6.17. The Kier molecular flexibility index (Phi) is 3.87. The van der Waals surface area contributed by atoms with E-state index in [-0.39, 0.29) is 5.91 Å². The molecule has 3 aromatic carbocycles. The van der Waals surface area contributed by atoms with Crippen LogP contribution in [-0.2, 0) is 6.42 Å². The number of anilines is 1. The van der Waals surface area contributed by atoms with Crippen molar-refractivity contribution < 1.29 is 4.79 Å². The summed E-state index contributed by atoms with van der Waals surface area (Å²) in [5.41, 5.74) is 5.38. The molecule has 1 aliphatic heterocycles. The normalized spacial score (nSPS) is 12.8. The predicted molar refractivity (Wildman–Crippen MR) is 98.9 cm³/mol. The summed E-state index contributed by atoms with van der Waals surface area (Å²) in [4.78, 5) is 14.5. The SMILES string of the molecule is Cc1cccc(Cc2ccc3c(c2)NC(=O)c2ccccc2S3)c1. The molecule has 0 saturated carbocycles. The molecule has 0 atom stereocenters. The Balaban J connectivity index is 1.67. The zero-order chi connectivity index (χ0) is 16.5. The van der Waals surface area contributed by atoms with Crippen LogP contribution < -0.4 is 5.32 Å². The van der Waals surface area contributed by atoms with Crippen LogP contribution in [-0.4, -0.2) is 5.91 Å². The number of rotatable bonds is 2. The van der Waals surface area contributed by atoms with Crippen molar-refractivity contribution in [2.75, 3.05) is 5.32 Å². The quantitative estimate of drug-likeness (QED) is 0.690. The van der Waals surface area contributed by atoms with E-state index in [1.165, 1.54) is 16.7 Å². The van der Waals surface area contributed by atoms with Gasteiger partial charge in [0.25, 0.3) is 5.91 Å². The number of fused-ring (bicyclic) bond motifs is 2. The third-order valence-electron chi connectivity index (χ3n) is 4.13. The highest BCUT2D eigenvalue weighted by atomic mass is 32.2. The van der Waals surface area contributed by atoms with Crippen LogP contribution in [0, 0.1) is 6.92 Å². The van der Waals surface area contributed by atoms with Crippen molar-refractivity contribution in [2.24, 2.45) is 0 Å². The van der Waals surface area contributed by atoms with Crippen LogP contribution in [0.25, 0.3) is 0 Å². The van der Waals surface area contributed by atoms with Gasteiger partial charge >= 0.3 is 0 Å². The Labute approximate surface area is 145 Å². The van der Waals surface area contributed by atoms with Gasteiger partial charge in [0.1, 0.15) is 0 Å². The molecular weight excluding hydrogens is 314 g/mol. The smallest absolute Gasteiger partial charge is 0.256 e. The summed E-state index contributed by atoms with van der Waals surface area (Å²) in [6, 6.07) is 22.6. The molecule has 2 nitrogen and oxygen atoms in total. The second-order valence-electron chi connectivity index (χ2n) is 6.05. The minimum Gasteiger partial charge on any atom is -0.321 e. The van der Waals surface area contributed by atoms with E-state index in [9.17, 15) is 4.79 Å². The molecule has 24 heavy (non-hydrogen) atoms. The van der Waals surface area contributed by atoms with Crippen LogP contribution in [0.15, 0.2) is 76.5 Å². The molecule has 3 heteroatoms. The van der Waals surface area contributed by atoms with Gasteiger partial charge in [-0.15, -0.1) is 0 Å². The Hall–Kier alpha value is -2.52. The number of carbonyl (C=O) groups is 1. The fourth-order valence-corrected chi connectivity index (χ4v) is 3.99. The lowest BCUT2D eigenvalue weighted by atomic mass is 10.0. The summed E-state index contributed by atoms with van der Waals surface area (Å²) in [6.07, 6.45) is 0.864. The lowest BCUT2D eigenvalue weighted by molar-refractivity contribution is 0.102. The fraction of sp³-hybridized carbons (Fsp3) is 0.0952. The molecule has 0 aliphatic carbocycles. The standard InChI is InChI=1S/C21H17NOS/c1-14-5-4-6-15(11-14)12-16-9-10-20-18(13-16)22-21(23)17-7-2-3-8-19(17)24-20/h2-11,13H,12H2,1H3,(H,22,23). The number of amides is 1. The minimum absolute atomic E-state index is 0.0374. The second-order valence-corrected chi connectivity index (χ2v) is 7.13. The van der Waals surface area contributed by atoms with Crippen molar-refractivity contribution >= 4 is 23.4 Å². The third kappa shape index (κ3) is 2.95. The average molecular weight is 331 g/mol. The first-order chi connectivity index (χ1) is 11.7. The van der Waals surface area contributed by atoms with Gasteiger partial charge in [0.05, 0.1) is 11.3 Å². The van der Waals surface area contributed by atoms with Crippen molar-refractivity contribution in [1.82, 2.24) is 0 Å². The van der Waals surface area contributed by atoms with E-state index >= 15 is 0 Å². The van der Waals surface area contributed by atoms with Gasteiger partial charge in [-0.2, -0.15) is 0 Å². The Morgan fingerprint density at radius 3 is 2.58 bits per heavy atom. The van der Waals surface area contributed by atoms with Gasteiger partial charge < -0.3 is 5.32 Å². The average Bonchev–Trinajstić information content (AvgIpc) is 2.71. The molecule has 0 saturated heterocycles. The molecule has 1 aliphatic rings. The van der Waals surface area contributed by atoms with Gasteiger partial charge in [0.15, 0.2) is 0 Å². The molecule has 118 valence electrons. The summed E-state index contributed by atoms with van der Waals surface area (Å²) in [5, 5.41) is 3.06. The van der Waals surface area contributed by atoms with E-state index in [4.69, 9.17) is 0 Å². The third-order valence-corrected chi connectivity index (χ3v) is 5.29. The molecule has 1 amide bonds. The molecule has 4 rings (SSSR count). The lowest BCUT2D eigenvalue weighted by Crippen LogP contribution is -2.11. The van der Waals surface area contributed by atoms with Crippen LogP contribution in [0.1, 0.15) is 27.0 Å². The van der Waals surface area contributed by atoms with Crippen LogP contribution in [0.3, 0.4) is 0 Å². The van der Waals surface area contributed by atoms with E-state index in [1.807, 2.05) is 24.3 Å². The number of aryl methyl sites for hydroxylation is 1. The first-order valence-corrected chi connectivity index (χ1v) is 8.77. The summed E-state index contributed by atoms with van der Waals surface area (Å²) < 4.78 is 0. The van der Waals surface area contributed by atoms with Gasteiger partial charge in [0, 0.05) is 9.79 Å². The maximum atomic E-state index is 12.5. The molecule has 1 heterocycles. The number of nitrogens with one attached hydrogen (secondary N) is 1. The van der Waals surface area contributed by atoms with Crippen LogP contribution in [0.4, 0.5) is 5.69 Å². The van der Waals surface area contributed by atoms with Crippen molar-refractivity contribution in [2.45, 2.75) is 23.1 Å². The van der Waals surface area contributed by atoms with Gasteiger partial charge in [-0.1, -0.05) is 59.8 Å². The highest BCUT2D eigenvalue weighted by Crippen LogP contribution is 2.39. The molecule has 0 unspecified atom stereocenters. The molecule has 3 aromatic rings. The minimum atomic E-state index is -0.0374. The topological polar surface area (TPSA) is 29.1 Å². The summed E-state index contributed by atoms with van der Waals surface area (Å²) >= 11 is 1.64. The van der Waals surface area contributed by atoms with Gasteiger partial charge in [-0.05, 0) is 48.7 Å². The van der Waals surface area contributed by atoms with Crippen molar-refractivity contribution in [1.29, 1.82) is 0 Å². The zero-order valence-electron chi connectivity index (χ0n) is 13.4. The summed E-state index contributed by atoms with van der Waals surface area (Å²) in [7, 11) is 0. The first-order valence-electron chi connectivity index (χ1n) is 7.96. The molecule has 0 aromatic heterocycles. The largest absolute Gasteiger partial charge is 0.321 e. The number of carbonyl (C=O) groups excluding carboxylic acids is 1. The molecule has 0 spiro atoms. The van der Waals surface area contributed by atoms with Crippen molar-refractivity contribution in [3.63, 3.8) is 0 Å². The van der Waals surface area contributed by atoms with Crippen molar-refractivity contribution in [3.8, 4) is 0 Å². The van der Waals surface area contributed by atoms with Crippen LogP contribution >= 0.6 is 11.8 Å². The Morgan fingerprint density at radius 2 is 1.71 bits per heavy atom. The molecular formula is C21H17NOS. The fourth-order valence-electron chi connectivity index (χ4n) is 2.98. The van der Waals surface area contributed by atoms with E-state index < -0.39 is 0 Å². The number of benzene rings is 3. The monoisotopic (exact) mass is 331 g/mol. The van der Waals surface area contributed by atoms with Crippen LogP contribution in [0.5, 0.6) is 0 Å². The molecule has 0 radical (unpaired) electrons. The maximum absolute atomic E-state index is 12.5. The summed E-state index contributed by atoms with van der Waals surface area (Å²) in [5.74, 6) is -0.0374. The van der Waals surface area contributed by atoms with E-state index in [1.54, 1.807) is 11.8 Å². The van der Waals surface area contributed by atoms with Crippen molar-refractivity contribution in [3.05, 3.63) is 89.0 Å². The van der Waals surface area contributed by atoms with E-state index in [0.29, 0.717) is 0 Å². The number of hydrogen-bond acceptors (Lipinski definition) is 2. The highest BCUT2D eigenvalue weighted by molar-refractivity contribution is 7.99. The van der Waals surface area contributed by atoms with Gasteiger partial charge in [0.2, 0.25) is 0 Å².